The fourth-order valence-corrected chi connectivity index (χ4v) is 8.88. The summed E-state index contributed by atoms with van der Waals surface area (Å²) < 4.78 is 93.2. The number of carbonyl (C=O) groups is 1. The first-order chi connectivity index (χ1) is 24.7. The second kappa shape index (κ2) is 14.6. The van der Waals surface area contributed by atoms with Gasteiger partial charge in [-0.15, -0.1) is 11.3 Å². The Hall–Kier alpha value is -4.36. The summed E-state index contributed by atoms with van der Waals surface area (Å²) in [4.78, 5) is 26.6. The van der Waals surface area contributed by atoms with Gasteiger partial charge in [-0.25, -0.2) is 13.2 Å². The SMILES string of the molecule is CCN(c1nc(OC)nc2c(F)c(-c3ccc(F)c4sc(N)c(C#N)c34)c(C(F)(F)F)cc12)C1CCC(C(=O)N(C)C)C1.FC1CC2CCCN2C1. The van der Waals surface area contributed by atoms with E-state index >= 15 is 4.39 Å². The van der Waals surface area contributed by atoms with Crippen molar-refractivity contribution in [1.82, 2.24) is 19.8 Å². The number of halogens is 6. The predicted molar refractivity (Wildman–Crippen MR) is 188 cm³/mol. The zero-order valence-electron chi connectivity index (χ0n) is 29.2. The highest BCUT2D eigenvalue weighted by Gasteiger charge is 2.40. The van der Waals surface area contributed by atoms with Crippen LogP contribution in [0.25, 0.3) is 32.1 Å². The Morgan fingerprint density at radius 3 is 2.56 bits per heavy atom. The van der Waals surface area contributed by atoms with Crippen molar-refractivity contribution < 1.29 is 35.9 Å². The first-order valence-electron chi connectivity index (χ1n) is 17.1. The largest absolute Gasteiger partial charge is 0.467 e. The molecule has 1 amide bonds. The molecule has 1 aliphatic carbocycles. The van der Waals surface area contributed by atoms with Gasteiger partial charge in [0.05, 0.1) is 22.9 Å². The van der Waals surface area contributed by atoms with Crippen LogP contribution in [0.15, 0.2) is 18.2 Å². The third kappa shape index (κ3) is 6.80. The number of amides is 1. The lowest BCUT2D eigenvalue weighted by Crippen LogP contribution is -2.36. The zero-order chi connectivity index (χ0) is 37.6. The van der Waals surface area contributed by atoms with Crippen LogP contribution in [-0.2, 0) is 11.0 Å². The summed E-state index contributed by atoms with van der Waals surface area (Å²) in [5.74, 6) is -2.43. The lowest BCUT2D eigenvalue weighted by molar-refractivity contribution is -0.137. The number of nitriles is 1. The maximum absolute atomic E-state index is 16.6. The van der Waals surface area contributed by atoms with Crippen molar-refractivity contribution in [2.75, 3.05) is 51.5 Å². The Balaban J connectivity index is 0.000000444. The highest BCUT2D eigenvalue weighted by Crippen LogP contribution is 2.48. The maximum atomic E-state index is 16.6. The van der Waals surface area contributed by atoms with Gasteiger partial charge < -0.3 is 20.3 Å². The zero-order valence-corrected chi connectivity index (χ0v) is 30.0. The van der Waals surface area contributed by atoms with Crippen LogP contribution >= 0.6 is 11.3 Å². The molecule has 4 aromatic rings. The fraction of sp³-hybridized carbons (Fsp3) is 0.500. The van der Waals surface area contributed by atoms with Crippen LogP contribution in [0.4, 0.5) is 37.2 Å². The number of anilines is 2. The number of benzene rings is 2. The molecule has 3 fully saturated rings. The van der Waals surface area contributed by atoms with Gasteiger partial charge in [0.15, 0.2) is 5.82 Å². The van der Waals surface area contributed by atoms with Crippen molar-refractivity contribution in [1.29, 1.82) is 5.26 Å². The lowest BCUT2D eigenvalue weighted by Gasteiger charge is -2.30. The van der Waals surface area contributed by atoms with Crippen LogP contribution in [0.5, 0.6) is 6.01 Å². The minimum Gasteiger partial charge on any atom is -0.467 e. The van der Waals surface area contributed by atoms with E-state index in [0.717, 1.165) is 31.2 Å². The third-order valence-electron chi connectivity index (χ3n) is 10.3. The van der Waals surface area contributed by atoms with Gasteiger partial charge in [-0.05, 0) is 69.7 Å². The fourth-order valence-electron chi connectivity index (χ4n) is 7.93. The summed E-state index contributed by atoms with van der Waals surface area (Å²) in [6, 6.07) is 4.57. The number of fused-ring (bicyclic) bond motifs is 3. The van der Waals surface area contributed by atoms with E-state index in [-0.39, 0.29) is 61.3 Å². The summed E-state index contributed by atoms with van der Waals surface area (Å²) in [5.41, 5.74) is 2.61. The average molecular weight is 748 g/mol. The summed E-state index contributed by atoms with van der Waals surface area (Å²) in [6.45, 7) is 3.94. The number of aromatic nitrogens is 2. The Kier molecular flexibility index (Phi) is 10.5. The summed E-state index contributed by atoms with van der Waals surface area (Å²) in [6.07, 6.45) is -0.661. The number of methoxy groups -OCH3 is 1. The molecule has 16 heteroatoms. The predicted octanol–water partition coefficient (Wildman–Crippen LogP) is 7.55. The van der Waals surface area contributed by atoms with Crippen molar-refractivity contribution in [2.45, 2.75) is 69.9 Å². The van der Waals surface area contributed by atoms with Crippen LogP contribution in [0, 0.1) is 28.9 Å². The molecular weight excluding hydrogens is 708 g/mol. The number of nitrogen functional groups attached to an aromatic ring is 1. The van der Waals surface area contributed by atoms with Gasteiger partial charge in [0.25, 0.3) is 0 Å². The van der Waals surface area contributed by atoms with Gasteiger partial charge in [-0.2, -0.15) is 28.4 Å². The molecule has 1 saturated carbocycles. The molecule has 2 aromatic heterocycles. The van der Waals surface area contributed by atoms with E-state index in [2.05, 4.69) is 14.9 Å². The van der Waals surface area contributed by atoms with Crippen LogP contribution < -0.4 is 15.4 Å². The molecule has 9 nitrogen and oxygen atoms in total. The number of thiophene rings is 1. The van der Waals surface area contributed by atoms with Gasteiger partial charge >= 0.3 is 12.2 Å². The molecule has 7 rings (SSSR count). The Morgan fingerprint density at radius 1 is 1.17 bits per heavy atom. The first-order valence-corrected chi connectivity index (χ1v) is 17.9. The Morgan fingerprint density at radius 2 is 1.92 bits per heavy atom. The van der Waals surface area contributed by atoms with Crippen molar-refractivity contribution >= 4 is 49.1 Å². The highest BCUT2D eigenvalue weighted by molar-refractivity contribution is 7.23. The van der Waals surface area contributed by atoms with E-state index in [9.17, 15) is 32.0 Å². The number of carbonyl (C=O) groups excluding carboxylic acids is 1. The molecule has 2 aromatic carbocycles. The van der Waals surface area contributed by atoms with Gasteiger partial charge in [0.2, 0.25) is 5.91 Å². The van der Waals surface area contributed by atoms with Crippen LogP contribution in [0.2, 0.25) is 0 Å². The topological polar surface area (TPSA) is 112 Å². The standard InChI is InChI=1S/C29H27F5N6O2S.C7H12FN/c1-5-40(14-7-6-13(10-14)27(41)39(2)3)26-16-11-18(29(32,33)34)21(22(31)23(16)37-28(38-26)42-4)15-8-9-19(30)24-20(15)17(12-35)25(36)43-24;8-6-4-7-2-1-3-9(7)5-6/h8-9,11,13-14H,5-7,10,36H2,1-4H3;6-7H,1-5H2. The number of hydrogen-bond acceptors (Lipinski definition) is 9. The van der Waals surface area contributed by atoms with E-state index in [1.54, 1.807) is 32.0 Å². The van der Waals surface area contributed by atoms with Crippen LogP contribution in [0.1, 0.15) is 56.6 Å². The van der Waals surface area contributed by atoms with Gasteiger partial charge in [-0.1, -0.05) is 6.07 Å². The number of rotatable bonds is 6. The molecule has 52 heavy (non-hydrogen) atoms. The molecule has 0 bridgehead atoms. The molecule has 2 N–H and O–H groups in total. The third-order valence-corrected chi connectivity index (χ3v) is 11.3. The average Bonchev–Trinajstić information content (AvgIpc) is 3.89. The minimum atomic E-state index is -5.07. The molecule has 0 spiro atoms. The van der Waals surface area contributed by atoms with Crippen molar-refractivity contribution in [2.24, 2.45) is 5.92 Å². The lowest BCUT2D eigenvalue weighted by atomic mass is 9.92. The van der Waals surface area contributed by atoms with Gasteiger partial charge in [-0.3, -0.25) is 9.69 Å². The number of nitrogens with two attached hydrogens (primary N) is 1. The molecule has 4 atom stereocenters. The molecule has 4 unspecified atom stereocenters. The molecule has 0 radical (unpaired) electrons. The normalized spacial score (nSPS) is 21.6. The molecule has 2 saturated heterocycles. The summed E-state index contributed by atoms with van der Waals surface area (Å²) in [5, 5.41) is 9.16. The van der Waals surface area contributed by atoms with Crippen molar-refractivity contribution in [3.63, 3.8) is 0 Å². The molecular formula is C36H39F6N7O2S. The quantitative estimate of drug-likeness (QED) is 0.202. The number of ether oxygens (including phenoxy) is 1. The number of alkyl halides is 4. The summed E-state index contributed by atoms with van der Waals surface area (Å²) in [7, 11) is 4.57. The van der Waals surface area contributed by atoms with Crippen molar-refractivity contribution in [3.8, 4) is 23.2 Å². The minimum absolute atomic E-state index is 0.0324. The van der Waals surface area contributed by atoms with E-state index in [4.69, 9.17) is 10.5 Å². The highest BCUT2D eigenvalue weighted by atomic mass is 32.1. The Bertz CT molecular complexity index is 2040. The smallest absolute Gasteiger partial charge is 0.417 e. The molecule has 3 aliphatic rings. The second-order valence-corrected chi connectivity index (χ2v) is 14.7. The number of hydrogen-bond donors (Lipinski definition) is 1. The maximum Gasteiger partial charge on any atom is 0.417 e. The van der Waals surface area contributed by atoms with Crippen LogP contribution in [-0.4, -0.2) is 84.8 Å². The van der Waals surface area contributed by atoms with Crippen LogP contribution in [0.3, 0.4) is 0 Å². The van der Waals surface area contributed by atoms with Crippen molar-refractivity contribution in [3.05, 3.63) is 41.0 Å². The summed E-state index contributed by atoms with van der Waals surface area (Å²) >= 11 is 0.692. The second-order valence-electron chi connectivity index (χ2n) is 13.6. The van der Waals surface area contributed by atoms with Gasteiger partial charge in [0.1, 0.15) is 34.4 Å². The van der Waals surface area contributed by atoms with E-state index < -0.39 is 40.6 Å². The molecule has 2 aliphatic heterocycles. The molecule has 278 valence electrons. The van der Waals surface area contributed by atoms with Gasteiger partial charge in [0, 0.05) is 61.5 Å². The molecule has 4 heterocycles. The number of nitrogens with zero attached hydrogens (tertiary/aromatic N) is 6. The van der Waals surface area contributed by atoms with E-state index in [1.165, 1.54) is 24.9 Å². The Labute approximate surface area is 300 Å². The van der Waals surface area contributed by atoms with E-state index in [0.29, 0.717) is 49.7 Å². The van der Waals surface area contributed by atoms with E-state index in [1.807, 2.05) is 0 Å². The first kappa shape index (κ1) is 37.4. The monoisotopic (exact) mass is 747 g/mol.